The summed E-state index contributed by atoms with van der Waals surface area (Å²) in [6.45, 7) is 11.3. The van der Waals surface area contributed by atoms with Gasteiger partial charge in [-0.15, -0.1) is 0 Å². The molecule has 1 saturated carbocycles. The van der Waals surface area contributed by atoms with Crippen LogP contribution in [0.15, 0.2) is 0 Å². The van der Waals surface area contributed by atoms with Crippen LogP contribution in [0.5, 0.6) is 0 Å². The fourth-order valence-corrected chi connectivity index (χ4v) is 3.18. The highest BCUT2D eigenvalue weighted by atomic mass is 15.2. The van der Waals surface area contributed by atoms with Gasteiger partial charge in [0.2, 0.25) is 0 Å². The van der Waals surface area contributed by atoms with Crippen molar-refractivity contribution < 1.29 is 0 Å². The number of amidine groups is 1. The fourth-order valence-electron chi connectivity index (χ4n) is 3.18. The molecule has 0 amide bonds. The summed E-state index contributed by atoms with van der Waals surface area (Å²) in [5.74, 6) is 1.08. The van der Waals surface area contributed by atoms with Gasteiger partial charge in [-0.2, -0.15) is 0 Å². The minimum Gasteiger partial charge on any atom is -0.387 e. The highest BCUT2D eigenvalue weighted by Crippen LogP contribution is 2.26. The second-order valence-corrected chi connectivity index (χ2v) is 7.58. The van der Waals surface area contributed by atoms with Crippen LogP contribution in [0, 0.1) is 16.7 Å². The smallest absolute Gasteiger partial charge is 0.0963 e. The molecule has 0 aromatic heterocycles. The Hall–Kier alpha value is -0.570. The van der Waals surface area contributed by atoms with Gasteiger partial charge in [-0.3, -0.25) is 5.41 Å². The van der Waals surface area contributed by atoms with Gasteiger partial charge in [0.05, 0.1) is 5.84 Å². The van der Waals surface area contributed by atoms with Gasteiger partial charge in [-0.05, 0) is 38.1 Å². The summed E-state index contributed by atoms with van der Waals surface area (Å²) in [6, 6.07) is 0.832. The monoisotopic (exact) mass is 281 g/mol. The van der Waals surface area contributed by atoms with Crippen molar-refractivity contribution in [2.75, 3.05) is 13.1 Å². The topological polar surface area (TPSA) is 53.1 Å². The molecule has 0 heterocycles. The molecule has 0 radical (unpaired) electrons. The standard InChI is InChI=1S/C17H35N3/c1-14(2)13-20(15-9-5-6-10-15)12-8-7-11-17(3,4)16(18)19/h14-15H,5-13H2,1-4H3,(H3,18,19). The first-order chi connectivity index (χ1) is 9.33. The third kappa shape index (κ3) is 5.82. The van der Waals surface area contributed by atoms with Crippen LogP contribution >= 0.6 is 0 Å². The Morgan fingerprint density at radius 1 is 1.25 bits per heavy atom. The average molecular weight is 281 g/mol. The lowest BCUT2D eigenvalue weighted by atomic mass is 9.86. The molecule has 0 aliphatic heterocycles. The Labute approximate surface area is 125 Å². The summed E-state index contributed by atoms with van der Waals surface area (Å²) in [5.41, 5.74) is 5.52. The molecule has 0 aromatic rings. The molecular weight excluding hydrogens is 246 g/mol. The van der Waals surface area contributed by atoms with Crippen LogP contribution in [0.2, 0.25) is 0 Å². The zero-order chi connectivity index (χ0) is 15.2. The molecule has 0 spiro atoms. The molecule has 0 aromatic carbocycles. The predicted octanol–water partition coefficient (Wildman–Crippen LogP) is 4.02. The van der Waals surface area contributed by atoms with Gasteiger partial charge in [0.1, 0.15) is 0 Å². The van der Waals surface area contributed by atoms with Gasteiger partial charge in [-0.1, -0.05) is 47.0 Å². The first-order valence-electron chi connectivity index (χ1n) is 8.41. The lowest BCUT2D eigenvalue weighted by Crippen LogP contribution is -2.37. The molecule has 1 aliphatic carbocycles. The van der Waals surface area contributed by atoms with Crippen LogP contribution in [0.25, 0.3) is 0 Å². The molecular formula is C17H35N3. The first-order valence-corrected chi connectivity index (χ1v) is 8.41. The maximum atomic E-state index is 7.61. The molecule has 1 aliphatic rings. The molecule has 0 unspecified atom stereocenters. The van der Waals surface area contributed by atoms with Crippen molar-refractivity contribution in [1.29, 1.82) is 5.41 Å². The van der Waals surface area contributed by atoms with Gasteiger partial charge >= 0.3 is 0 Å². The SMILES string of the molecule is CC(C)CN(CCCCC(C)(C)C(=N)N)C1CCCC1. The van der Waals surface area contributed by atoms with Crippen molar-refractivity contribution >= 4 is 5.84 Å². The molecule has 0 atom stereocenters. The molecule has 0 saturated heterocycles. The second-order valence-electron chi connectivity index (χ2n) is 7.58. The number of nitrogens with one attached hydrogen (secondary N) is 1. The van der Waals surface area contributed by atoms with Crippen molar-refractivity contribution in [3.63, 3.8) is 0 Å². The van der Waals surface area contributed by atoms with E-state index < -0.39 is 0 Å². The zero-order valence-electron chi connectivity index (χ0n) is 14.0. The quantitative estimate of drug-likeness (QED) is 0.381. The van der Waals surface area contributed by atoms with Crippen LogP contribution in [-0.4, -0.2) is 29.9 Å². The van der Waals surface area contributed by atoms with E-state index in [1.54, 1.807) is 0 Å². The van der Waals surface area contributed by atoms with Crippen molar-refractivity contribution in [3.05, 3.63) is 0 Å². The van der Waals surface area contributed by atoms with Gasteiger partial charge in [0.25, 0.3) is 0 Å². The van der Waals surface area contributed by atoms with Gasteiger partial charge in [-0.25, -0.2) is 0 Å². The van der Waals surface area contributed by atoms with E-state index in [2.05, 4.69) is 32.6 Å². The van der Waals surface area contributed by atoms with E-state index >= 15 is 0 Å². The summed E-state index contributed by atoms with van der Waals surface area (Å²) < 4.78 is 0. The Balaban J connectivity index is 2.33. The maximum absolute atomic E-state index is 7.61. The first kappa shape index (κ1) is 17.5. The van der Waals surface area contributed by atoms with Crippen LogP contribution in [0.4, 0.5) is 0 Å². The highest BCUT2D eigenvalue weighted by Gasteiger charge is 2.24. The number of rotatable bonds is 9. The Morgan fingerprint density at radius 2 is 1.85 bits per heavy atom. The van der Waals surface area contributed by atoms with Crippen molar-refractivity contribution in [2.24, 2.45) is 17.1 Å². The summed E-state index contributed by atoms with van der Waals surface area (Å²) in [5, 5.41) is 7.61. The van der Waals surface area contributed by atoms with Crippen molar-refractivity contribution in [1.82, 2.24) is 4.90 Å². The van der Waals surface area contributed by atoms with Crippen LogP contribution in [-0.2, 0) is 0 Å². The van der Waals surface area contributed by atoms with Gasteiger partial charge < -0.3 is 10.6 Å². The van der Waals surface area contributed by atoms with Gasteiger partial charge in [0.15, 0.2) is 0 Å². The largest absolute Gasteiger partial charge is 0.387 e. The summed E-state index contributed by atoms with van der Waals surface area (Å²) in [6.07, 6.45) is 9.06. The summed E-state index contributed by atoms with van der Waals surface area (Å²) >= 11 is 0. The highest BCUT2D eigenvalue weighted by molar-refractivity contribution is 5.82. The van der Waals surface area contributed by atoms with E-state index in [1.807, 2.05) is 0 Å². The second kappa shape index (κ2) is 8.02. The zero-order valence-corrected chi connectivity index (χ0v) is 14.0. The van der Waals surface area contributed by atoms with E-state index in [4.69, 9.17) is 11.1 Å². The normalized spacial score (nSPS) is 17.3. The predicted molar refractivity (Wildman–Crippen MR) is 88.2 cm³/mol. The third-order valence-electron chi connectivity index (χ3n) is 4.67. The lowest BCUT2D eigenvalue weighted by molar-refractivity contribution is 0.172. The minimum absolute atomic E-state index is 0.129. The van der Waals surface area contributed by atoms with E-state index in [9.17, 15) is 0 Å². The molecule has 3 nitrogen and oxygen atoms in total. The van der Waals surface area contributed by atoms with Crippen molar-refractivity contribution in [3.8, 4) is 0 Å². The molecule has 118 valence electrons. The van der Waals surface area contributed by atoms with Crippen LogP contribution in [0.3, 0.4) is 0 Å². The number of nitrogens with zero attached hydrogens (tertiary/aromatic N) is 1. The van der Waals surface area contributed by atoms with Crippen molar-refractivity contribution in [2.45, 2.75) is 78.7 Å². The minimum atomic E-state index is -0.129. The number of unbranched alkanes of at least 4 members (excludes halogenated alkanes) is 1. The lowest BCUT2D eigenvalue weighted by Gasteiger charge is -2.31. The molecule has 0 bridgehead atoms. The number of hydrogen-bond donors (Lipinski definition) is 2. The maximum Gasteiger partial charge on any atom is 0.0963 e. The number of hydrogen-bond acceptors (Lipinski definition) is 2. The summed E-state index contributed by atoms with van der Waals surface area (Å²) in [4.78, 5) is 2.72. The fraction of sp³-hybridized carbons (Fsp3) is 0.941. The molecule has 3 N–H and O–H groups in total. The van der Waals surface area contributed by atoms with E-state index in [1.165, 1.54) is 51.6 Å². The van der Waals surface area contributed by atoms with Crippen LogP contribution in [0.1, 0.15) is 72.6 Å². The Morgan fingerprint density at radius 3 is 2.35 bits per heavy atom. The third-order valence-corrected chi connectivity index (χ3v) is 4.67. The summed E-state index contributed by atoms with van der Waals surface area (Å²) in [7, 11) is 0. The molecule has 20 heavy (non-hydrogen) atoms. The molecule has 1 rings (SSSR count). The average Bonchev–Trinajstić information content (AvgIpc) is 2.86. The number of nitrogens with two attached hydrogens (primary N) is 1. The molecule has 3 heteroatoms. The van der Waals surface area contributed by atoms with E-state index in [0.29, 0.717) is 5.84 Å². The molecule has 1 fully saturated rings. The van der Waals surface area contributed by atoms with E-state index in [0.717, 1.165) is 18.4 Å². The Kier molecular flexibility index (Phi) is 7.01. The Bertz CT molecular complexity index is 291. The van der Waals surface area contributed by atoms with E-state index in [-0.39, 0.29) is 5.41 Å². The van der Waals surface area contributed by atoms with Gasteiger partial charge in [0, 0.05) is 18.0 Å². The van der Waals surface area contributed by atoms with Crippen LogP contribution < -0.4 is 5.73 Å².